The molecule has 0 bridgehead atoms. The van der Waals surface area contributed by atoms with Gasteiger partial charge in [-0.2, -0.15) is 0 Å². The molecule has 26 heavy (non-hydrogen) atoms. The zero-order chi connectivity index (χ0) is 18.5. The van der Waals surface area contributed by atoms with Gasteiger partial charge in [-0.3, -0.25) is 4.79 Å². The molecule has 0 saturated heterocycles. The summed E-state index contributed by atoms with van der Waals surface area (Å²) in [5, 5.41) is 4.78. The first-order valence-electron chi connectivity index (χ1n) is 8.32. The van der Waals surface area contributed by atoms with Crippen LogP contribution in [-0.4, -0.2) is 5.91 Å². The summed E-state index contributed by atoms with van der Waals surface area (Å²) in [7, 11) is 0. The van der Waals surface area contributed by atoms with E-state index < -0.39 is 0 Å². The number of nitrogens with one attached hydrogen (secondary N) is 1. The van der Waals surface area contributed by atoms with E-state index in [4.69, 9.17) is 4.74 Å². The minimum absolute atomic E-state index is 0.141. The smallest absolute Gasteiger partial charge is 0.261 e. The molecule has 0 aliphatic carbocycles. The van der Waals surface area contributed by atoms with Crippen LogP contribution in [0.15, 0.2) is 53.9 Å². The number of thiophene rings is 1. The summed E-state index contributed by atoms with van der Waals surface area (Å²) in [5.41, 5.74) is 4.13. The highest BCUT2D eigenvalue weighted by Gasteiger charge is 2.10. The van der Waals surface area contributed by atoms with E-state index in [1.165, 1.54) is 29.0 Å². The standard InChI is InChI=1S/C21H20FNO2S/c1-14-4-3-5-19(15(14)2)25-12-17-10-20(26-13-17)21(24)23-11-16-6-8-18(22)9-7-16/h3-10,13H,11-12H2,1-2H3,(H,23,24). The molecule has 1 heterocycles. The first-order chi connectivity index (χ1) is 12.5. The summed E-state index contributed by atoms with van der Waals surface area (Å²) in [5.74, 6) is 0.433. The number of rotatable bonds is 6. The molecule has 0 fully saturated rings. The minimum atomic E-state index is -0.285. The summed E-state index contributed by atoms with van der Waals surface area (Å²) < 4.78 is 18.8. The van der Waals surface area contributed by atoms with Crippen molar-refractivity contribution in [1.82, 2.24) is 5.32 Å². The maximum Gasteiger partial charge on any atom is 0.261 e. The number of amides is 1. The van der Waals surface area contributed by atoms with E-state index in [0.29, 0.717) is 18.0 Å². The summed E-state index contributed by atoms with van der Waals surface area (Å²) in [6.45, 7) is 4.88. The topological polar surface area (TPSA) is 38.3 Å². The molecule has 5 heteroatoms. The lowest BCUT2D eigenvalue weighted by Gasteiger charge is -2.09. The van der Waals surface area contributed by atoms with E-state index in [2.05, 4.69) is 18.3 Å². The van der Waals surface area contributed by atoms with Crippen LogP contribution in [0.5, 0.6) is 5.75 Å². The molecule has 3 nitrogen and oxygen atoms in total. The van der Waals surface area contributed by atoms with Crippen molar-refractivity contribution >= 4 is 17.2 Å². The molecule has 134 valence electrons. The number of aryl methyl sites for hydroxylation is 1. The summed E-state index contributed by atoms with van der Waals surface area (Å²) >= 11 is 1.39. The fraction of sp³-hybridized carbons (Fsp3) is 0.190. The average Bonchev–Trinajstić information content (AvgIpc) is 3.11. The Balaban J connectivity index is 1.56. The molecule has 1 N–H and O–H groups in total. The predicted molar refractivity (Wildman–Crippen MR) is 102 cm³/mol. The predicted octanol–water partition coefficient (Wildman–Crippen LogP) is 5.01. The normalized spacial score (nSPS) is 10.6. The lowest BCUT2D eigenvalue weighted by atomic mass is 10.1. The van der Waals surface area contributed by atoms with E-state index in [0.717, 1.165) is 22.4 Å². The van der Waals surface area contributed by atoms with Gasteiger partial charge in [0.2, 0.25) is 0 Å². The van der Waals surface area contributed by atoms with Crippen molar-refractivity contribution in [2.75, 3.05) is 0 Å². The monoisotopic (exact) mass is 369 g/mol. The Morgan fingerprint density at radius 1 is 1.12 bits per heavy atom. The van der Waals surface area contributed by atoms with Crippen molar-refractivity contribution in [3.63, 3.8) is 0 Å². The van der Waals surface area contributed by atoms with Crippen LogP contribution in [0.3, 0.4) is 0 Å². The Morgan fingerprint density at radius 2 is 1.88 bits per heavy atom. The molecule has 1 aromatic heterocycles. The Kier molecular flexibility index (Phi) is 5.68. The van der Waals surface area contributed by atoms with Crippen LogP contribution >= 0.6 is 11.3 Å². The highest BCUT2D eigenvalue weighted by atomic mass is 32.1. The maximum atomic E-state index is 12.9. The van der Waals surface area contributed by atoms with Crippen molar-refractivity contribution in [2.24, 2.45) is 0 Å². The number of carbonyl (C=O) groups is 1. The number of carbonyl (C=O) groups excluding carboxylic acids is 1. The molecule has 3 aromatic rings. The highest BCUT2D eigenvalue weighted by molar-refractivity contribution is 7.12. The zero-order valence-electron chi connectivity index (χ0n) is 14.7. The lowest BCUT2D eigenvalue weighted by Crippen LogP contribution is -2.21. The van der Waals surface area contributed by atoms with Gasteiger partial charge >= 0.3 is 0 Å². The Morgan fingerprint density at radius 3 is 2.65 bits per heavy atom. The summed E-state index contributed by atoms with van der Waals surface area (Å²) in [6.07, 6.45) is 0. The van der Waals surface area contributed by atoms with E-state index >= 15 is 0 Å². The van der Waals surface area contributed by atoms with Gasteiger partial charge in [-0.25, -0.2) is 4.39 Å². The first kappa shape index (κ1) is 18.1. The van der Waals surface area contributed by atoms with Gasteiger partial charge in [0.1, 0.15) is 18.2 Å². The Labute approximate surface area is 156 Å². The molecule has 0 spiro atoms. The molecule has 0 aliphatic heterocycles. The number of halogens is 1. The molecule has 0 radical (unpaired) electrons. The third-order valence-corrected chi connectivity index (χ3v) is 5.17. The van der Waals surface area contributed by atoms with Gasteiger partial charge in [-0.15, -0.1) is 11.3 Å². The maximum absolute atomic E-state index is 12.9. The molecule has 2 aromatic carbocycles. The quantitative estimate of drug-likeness (QED) is 0.663. The van der Waals surface area contributed by atoms with E-state index in [9.17, 15) is 9.18 Å². The van der Waals surface area contributed by atoms with Crippen molar-refractivity contribution in [3.8, 4) is 5.75 Å². The third-order valence-electron chi connectivity index (χ3n) is 4.19. The fourth-order valence-corrected chi connectivity index (χ4v) is 3.30. The molecule has 1 amide bonds. The average molecular weight is 369 g/mol. The number of benzene rings is 2. The summed E-state index contributed by atoms with van der Waals surface area (Å²) in [4.78, 5) is 12.9. The molecule has 3 rings (SSSR count). The molecule has 0 aliphatic rings. The van der Waals surface area contributed by atoms with Gasteiger partial charge in [0, 0.05) is 12.1 Å². The van der Waals surface area contributed by atoms with Crippen molar-refractivity contribution in [3.05, 3.63) is 86.9 Å². The third kappa shape index (κ3) is 4.49. The van der Waals surface area contributed by atoms with E-state index in [1.807, 2.05) is 30.5 Å². The first-order valence-corrected chi connectivity index (χ1v) is 9.20. The van der Waals surface area contributed by atoms with Gasteiger partial charge in [0.25, 0.3) is 5.91 Å². The van der Waals surface area contributed by atoms with Crippen LogP contribution in [0.4, 0.5) is 4.39 Å². The number of hydrogen-bond donors (Lipinski definition) is 1. The van der Waals surface area contributed by atoms with Crippen LogP contribution in [-0.2, 0) is 13.2 Å². The van der Waals surface area contributed by atoms with E-state index in [-0.39, 0.29) is 11.7 Å². The molecule has 0 unspecified atom stereocenters. The van der Waals surface area contributed by atoms with Crippen molar-refractivity contribution in [1.29, 1.82) is 0 Å². The summed E-state index contributed by atoms with van der Waals surface area (Å²) in [6, 6.07) is 13.9. The Bertz CT molecular complexity index is 903. The second-order valence-electron chi connectivity index (χ2n) is 6.12. The molecular formula is C21H20FNO2S. The molecular weight excluding hydrogens is 349 g/mol. The largest absolute Gasteiger partial charge is 0.489 e. The number of ether oxygens (including phenoxy) is 1. The van der Waals surface area contributed by atoms with Crippen LogP contribution < -0.4 is 10.1 Å². The minimum Gasteiger partial charge on any atom is -0.489 e. The van der Waals surface area contributed by atoms with Gasteiger partial charge in [0.15, 0.2) is 0 Å². The molecule has 0 saturated carbocycles. The van der Waals surface area contributed by atoms with Gasteiger partial charge in [-0.05, 0) is 60.2 Å². The lowest BCUT2D eigenvalue weighted by molar-refractivity contribution is 0.0955. The second kappa shape index (κ2) is 8.15. The van der Waals surface area contributed by atoms with Crippen LogP contribution in [0.2, 0.25) is 0 Å². The fourth-order valence-electron chi connectivity index (χ4n) is 2.48. The van der Waals surface area contributed by atoms with Crippen molar-refractivity contribution in [2.45, 2.75) is 27.0 Å². The highest BCUT2D eigenvalue weighted by Crippen LogP contribution is 2.23. The second-order valence-corrected chi connectivity index (χ2v) is 7.03. The van der Waals surface area contributed by atoms with Crippen LogP contribution in [0.25, 0.3) is 0 Å². The zero-order valence-corrected chi connectivity index (χ0v) is 15.5. The van der Waals surface area contributed by atoms with E-state index in [1.54, 1.807) is 12.1 Å². The van der Waals surface area contributed by atoms with Gasteiger partial charge < -0.3 is 10.1 Å². The number of hydrogen-bond acceptors (Lipinski definition) is 3. The van der Waals surface area contributed by atoms with Crippen LogP contribution in [0, 0.1) is 19.7 Å². The Hall–Kier alpha value is -2.66. The van der Waals surface area contributed by atoms with Crippen LogP contribution in [0.1, 0.15) is 31.9 Å². The van der Waals surface area contributed by atoms with Crippen molar-refractivity contribution < 1.29 is 13.9 Å². The van der Waals surface area contributed by atoms with Gasteiger partial charge in [-0.1, -0.05) is 24.3 Å². The SMILES string of the molecule is Cc1cccc(OCc2csc(C(=O)NCc3ccc(F)cc3)c2)c1C. The van der Waals surface area contributed by atoms with Gasteiger partial charge in [0.05, 0.1) is 4.88 Å². The molecule has 0 atom stereocenters.